The van der Waals surface area contributed by atoms with Crippen molar-refractivity contribution in [3.8, 4) is 0 Å². The van der Waals surface area contributed by atoms with Gasteiger partial charge in [0, 0.05) is 5.92 Å². The first kappa shape index (κ1) is 22.7. The minimum absolute atomic E-state index is 0.280. The Morgan fingerprint density at radius 2 is 1.09 bits per heavy atom. The van der Waals surface area contributed by atoms with Gasteiger partial charge in [-0.1, -0.05) is 111 Å². The Balaban J connectivity index is 3.28. The van der Waals surface area contributed by atoms with Crippen LogP contribution in [-0.2, 0) is 4.79 Å². The van der Waals surface area contributed by atoms with Crippen molar-refractivity contribution in [2.24, 2.45) is 11.3 Å². The van der Waals surface area contributed by atoms with Crippen molar-refractivity contribution in [3.63, 3.8) is 0 Å². The zero-order valence-electron chi connectivity index (χ0n) is 16.7. The third kappa shape index (κ3) is 17.9. The molecule has 23 heavy (non-hydrogen) atoms. The molecule has 0 aromatic carbocycles. The predicted molar refractivity (Wildman–Crippen MR) is 104 cm³/mol. The molecular weight excluding hydrogens is 280 g/mol. The van der Waals surface area contributed by atoms with Crippen LogP contribution < -0.4 is 0 Å². The van der Waals surface area contributed by atoms with Gasteiger partial charge in [0.25, 0.3) is 0 Å². The number of rotatable bonds is 16. The van der Waals surface area contributed by atoms with Crippen molar-refractivity contribution in [3.05, 3.63) is 0 Å². The first-order valence-electron chi connectivity index (χ1n) is 10.4. The molecule has 0 fully saturated rings. The zero-order valence-corrected chi connectivity index (χ0v) is 16.7. The molecule has 0 heterocycles. The quantitative estimate of drug-likeness (QED) is 0.210. The van der Waals surface area contributed by atoms with E-state index in [4.69, 9.17) is 0 Å². The summed E-state index contributed by atoms with van der Waals surface area (Å²) < 4.78 is 0. The summed E-state index contributed by atoms with van der Waals surface area (Å²) in [5, 5.41) is 0. The lowest BCUT2D eigenvalue weighted by Gasteiger charge is -2.22. The summed E-state index contributed by atoms with van der Waals surface area (Å²) in [6.07, 6.45) is 21.4. The highest BCUT2D eigenvalue weighted by molar-refractivity contribution is 5.53. The molecule has 1 heteroatoms. The maximum atomic E-state index is 11.1. The third-order valence-corrected chi connectivity index (χ3v) is 4.75. The summed E-state index contributed by atoms with van der Waals surface area (Å²) in [6.45, 7) is 8.97. The van der Waals surface area contributed by atoms with E-state index in [1.807, 2.05) is 0 Å². The molecule has 1 nitrogen and oxygen atoms in total. The summed E-state index contributed by atoms with van der Waals surface area (Å²) in [5.74, 6) is 0.280. The normalized spacial score (nSPS) is 13.2. The van der Waals surface area contributed by atoms with E-state index in [0.717, 1.165) is 12.8 Å². The molecule has 0 aliphatic carbocycles. The molecule has 0 rings (SSSR count). The van der Waals surface area contributed by atoms with Gasteiger partial charge in [0.2, 0.25) is 0 Å². The van der Waals surface area contributed by atoms with E-state index in [0.29, 0.717) is 0 Å². The van der Waals surface area contributed by atoms with E-state index >= 15 is 0 Å². The van der Waals surface area contributed by atoms with Crippen molar-refractivity contribution < 1.29 is 4.79 Å². The van der Waals surface area contributed by atoms with Gasteiger partial charge >= 0.3 is 0 Å². The fourth-order valence-corrected chi connectivity index (χ4v) is 3.43. The lowest BCUT2D eigenvalue weighted by molar-refractivity contribution is -0.112. The number of carbonyl (C=O) groups is 1. The van der Waals surface area contributed by atoms with Gasteiger partial charge < -0.3 is 4.79 Å². The second-order valence-electron chi connectivity index (χ2n) is 8.69. The van der Waals surface area contributed by atoms with Gasteiger partial charge in [0.15, 0.2) is 0 Å². The standard InChI is InChI=1S/C22H44O/c1-5-6-7-8-9-10-11-12-13-14-15-16-17-18-21(20-23)19-22(2,3)4/h20-21H,5-19H2,1-4H3. The van der Waals surface area contributed by atoms with Gasteiger partial charge in [-0.05, 0) is 18.3 Å². The Bertz CT molecular complexity index is 251. The average molecular weight is 325 g/mol. The summed E-state index contributed by atoms with van der Waals surface area (Å²) >= 11 is 0. The molecular formula is C22H44O. The van der Waals surface area contributed by atoms with Crippen molar-refractivity contribution in [1.29, 1.82) is 0 Å². The zero-order chi connectivity index (χ0) is 17.4. The SMILES string of the molecule is CCCCCCCCCCCCCCCC(C=O)CC(C)(C)C. The topological polar surface area (TPSA) is 17.1 Å². The Morgan fingerprint density at radius 1 is 0.696 bits per heavy atom. The first-order chi connectivity index (χ1) is 11.0. The van der Waals surface area contributed by atoms with E-state index < -0.39 is 0 Å². The Labute approximate surface area is 147 Å². The fourth-order valence-electron chi connectivity index (χ4n) is 3.43. The fraction of sp³-hybridized carbons (Fsp3) is 0.955. The van der Waals surface area contributed by atoms with Gasteiger partial charge in [-0.15, -0.1) is 0 Å². The average Bonchev–Trinajstić information content (AvgIpc) is 2.49. The van der Waals surface area contributed by atoms with Crippen molar-refractivity contribution >= 4 is 6.29 Å². The molecule has 0 aromatic heterocycles. The van der Waals surface area contributed by atoms with Crippen LogP contribution in [0.25, 0.3) is 0 Å². The Kier molecular flexibility index (Phi) is 15.0. The molecule has 0 aliphatic heterocycles. The Morgan fingerprint density at radius 3 is 1.43 bits per heavy atom. The van der Waals surface area contributed by atoms with Crippen LogP contribution in [0.15, 0.2) is 0 Å². The molecule has 1 unspecified atom stereocenters. The number of hydrogen-bond acceptors (Lipinski definition) is 1. The minimum atomic E-state index is 0.280. The van der Waals surface area contributed by atoms with Crippen molar-refractivity contribution in [2.45, 2.75) is 124 Å². The van der Waals surface area contributed by atoms with Gasteiger partial charge in [0.05, 0.1) is 0 Å². The predicted octanol–water partition coefficient (Wildman–Crippen LogP) is 7.72. The van der Waals surface area contributed by atoms with Crippen molar-refractivity contribution in [1.82, 2.24) is 0 Å². The van der Waals surface area contributed by atoms with Crippen LogP contribution in [0.5, 0.6) is 0 Å². The number of unbranched alkanes of at least 4 members (excludes halogenated alkanes) is 12. The Hall–Kier alpha value is -0.330. The molecule has 138 valence electrons. The van der Waals surface area contributed by atoms with Gasteiger partial charge in [-0.2, -0.15) is 0 Å². The number of carbonyl (C=O) groups excluding carboxylic acids is 1. The van der Waals surface area contributed by atoms with Crippen LogP contribution in [0, 0.1) is 11.3 Å². The van der Waals surface area contributed by atoms with Crippen LogP contribution in [-0.4, -0.2) is 6.29 Å². The van der Waals surface area contributed by atoms with Crippen molar-refractivity contribution in [2.75, 3.05) is 0 Å². The maximum absolute atomic E-state index is 11.1. The molecule has 0 aliphatic rings. The number of aldehydes is 1. The highest BCUT2D eigenvalue weighted by Crippen LogP contribution is 2.26. The van der Waals surface area contributed by atoms with E-state index in [1.54, 1.807) is 0 Å². The minimum Gasteiger partial charge on any atom is -0.303 e. The summed E-state index contributed by atoms with van der Waals surface area (Å²) in [7, 11) is 0. The van der Waals surface area contributed by atoms with Crippen LogP contribution in [0.2, 0.25) is 0 Å². The molecule has 1 atom stereocenters. The molecule has 0 bridgehead atoms. The highest BCUT2D eigenvalue weighted by atomic mass is 16.1. The van der Waals surface area contributed by atoms with Crippen LogP contribution in [0.1, 0.15) is 124 Å². The monoisotopic (exact) mass is 324 g/mol. The lowest BCUT2D eigenvalue weighted by Crippen LogP contribution is -2.14. The molecule has 0 amide bonds. The lowest BCUT2D eigenvalue weighted by atomic mass is 9.83. The first-order valence-corrected chi connectivity index (χ1v) is 10.4. The van der Waals surface area contributed by atoms with E-state index in [-0.39, 0.29) is 11.3 Å². The van der Waals surface area contributed by atoms with Gasteiger partial charge in [-0.25, -0.2) is 0 Å². The molecule has 0 N–H and O–H groups in total. The van der Waals surface area contributed by atoms with Crippen LogP contribution in [0.4, 0.5) is 0 Å². The van der Waals surface area contributed by atoms with Gasteiger partial charge in [-0.3, -0.25) is 0 Å². The molecule has 0 spiro atoms. The van der Waals surface area contributed by atoms with Crippen LogP contribution in [0.3, 0.4) is 0 Å². The molecule has 0 saturated carbocycles. The van der Waals surface area contributed by atoms with Crippen LogP contribution >= 0.6 is 0 Å². The van der Waals surface area contributed by atoms with Gasteiger partial charge in [0.1, 0.15) is 6.29 Å². The smallest absolute Gasteiger partial charge is 0.123 e. The maximum Gasteiger partial charge on any atom is 0.123 e. The summed E-state index contributed by atoms with van der Waals surface area (Å²) in [5.41, 5.74) is 0.280. The molecule has 0 aromatic rings. The van der Waals surface area contributed by atoms with E-state index in [2.05, 4.69) is 27.7 Å². The summed E-state index contributed by atoms with van der Waals surface area (Å²) in [6, 6.07) is 0. The van der Waals surface area contributed by atoms with E-state index in [1.165, 1.54) is 89.8 Å². The number of hydrogen-bond donors (Lipinski definition) is 0. The second kappa shape index (κ2) is 15.2. The van der Waals surface area contributed by atoms with E-state index in [9.17, 15) is 4.79 Å². The summed E-state index contributed by atoms with van der Waals surface area (Å²) in [4.78, 5) is 11.1. The highest BCUT2D eigenvalue weighted by Gasteiger charge is 2.17. The third-order valence-electron chi connectivity index (χ3n) is 4.75. The second-order valence-corrected chi connectivity index (χ2v) is 8.69. The largest absolute Gasteiger partial charge is 0.303 e. The molecule has 0 saturated heterocycles. The molecule has 0 radical (unpaired) electrons.